The first-order valence-corrected chi connectivity index (χ1v) is 6.58. The Morgan fingerprint density at radius 1 is 1.33 bits per heavy atom. The summed E-state index contributed by atoms with van der Waals surface area (Å²) in [7, 11) is 0. The van der Waals surface area contributed by atoms with Crippen molar-refractivity contribution in [3.05, 3.63) is 36.0 Å². The number of alkyl halides is 2. The highest BCUT2D eigenvalue weighted by Gasteiger charge is 2.17. The van der Waals surface area contributed by atoms with Gasteiger partial charge in [0.25, 0.3) is 0 Å². The molecule has 1 aromatic heterocycles. The Bertz CT molecular complexity index is 624. The van der Waals surface area contributed by atoms with E-state index in [4.69, 9.17) is 0 Å². The van der Waals surface area contributed by atoms with Crippen LogP contribution in [0.5, 0.6) is 5.75 Å². The first kappa shape index (κ1) is 15.2. The molecule has 0 N–H and O–H groups in total. The molecule has 0 radical (unpaired) electrons. The lowest BCUT2D eigenvalue weighted by Crippen LogP contribution is -2.05. The number of carbonyl (C=O) groups excluding carboxylic acids is 1. The molecule has 1 heterocycles. The number of carbonyl (C=O) groups is 1. The number of hydrogen-bond acceptors (Lipinski definition) is 3. The van der Waals surface area contributed by atoms with E-state index in [0.29, 0.717) is 35.6 Å². The SMILES string of the molecule is CC(C)Cn1cc(C=O)c(-c2ccccc2OC(F)F)n1. The molecule has 0 bridgehead atoms. The van der Waals surface area contributed by atoms with Crippen LogP contribution in [0.1, 0.15) is 24.2 Å². The predicted octanol–water partition coefficient (Wildman–Crippen LogP) is 3.62. The van der Waals surface area contributed by atoms with Crippen molar-refractivity contribution < 1.29 is 18.3 Å². The Balaban J connectivity index is 2.45. The zero-order valence-corrected chi connectivity index (χ0v) is 11.8. The normalized spacial score (nSPS) is 11.1. The van der Waals surface area contributed by atoms with E-state index in [1.165, 1.54) is 6.07 Å². The molecule has 4 nitrogen and oxygen atoms in total. The Morgan fingerprint density at radius 2 is 2.05 bits per heavy atom. The zero-order valence-electron chi connectivity index (χ0n) is 11.8. The van der Waals surface area contributed by atoms with Crippen molar-refractivity contribution in [2.75, 3.05) is 0 Å². The molecule has 0 aliphatic carbocycles. The highest BCUT2D eigenvalue weighted by molar-refractivity contribution is 5.87. The van der Waals surface area contributed by atoms with E-state index in [9.17, 15) is 13.6 Å². The van der Waals surface area contributed by atoms with Gasteiger partial charge in [-0.2, -0.15) is 13.9 Å². The van der Waals surface area contributed by atoms with Gasteiger partial charge in [-0.25, -0.2) is 0 Å². The summed E-state index contributed by atoms with van der Waals surface area (Å²) in [6, 6.07) is 6.31. The second kappa shape index (κ2) is 6.47. The molecule has 0 saturated carbocycles. The van der Waals surface area contributed by atoms with Crippen LogP contribution in [0.4, 0.5) is 8.78 Å². The van der Waals surface area contributed by atoms with Gasteiger partial charge in [-0.3, -0.25) is 9.48 Å². The Hall–Kier alpha value is -2.24. The van der Waals surface area contributed by atoms with Gasteiger partial charge in [-0.1, -0.05) is 26.0 Å². The highest BCUT2D eigenvalue weighted by atomic mass is 19.3. The Labute approximate surface area is 121 Å². The third-order valence-electron chi connectivity index (χ3n) is 2.83. The Morgan fingerprint density at radius 3 is 2.67 bits per heavy atom. The van der Waals surface area contributed by atoms with Crippen molar-refractivity contribution >= 4 is 6.29 Å². The molecular weight excluding hydrogens is 278 g/mol. The lowest BCUT2D eigenvalue weighted by atomic mass is 10.1. The molecule has 0 unspecified atom stereocenters. The molecule has 0 saturated heterocycles. The van der Waals surface area contributed by atoms with Gasteiger partial charge in [0, 0.05) is 18.3 Å². The number of para-hydroxylation sites is 1. The fraction of sp³-hybridized carbons (Fsp3) is 0.333. The van der Waals surface area contributed by atoms with Crippen molar-refractivity contribution in [3.8, 4) is 17.0 Å². The van der Waals surface area contributed by atoms with Gasteiger partial charge in [-0.05, 0) is 18.1 Å². The molecule has 6 heteroatoms. The number of benzene rings is 1. The average Bonchev–Trinajstić information content (AvgIpc) is 2.80. The van der Waals surface area contributed by atoms with Crippen LogP contribution in [0.25, 0.3) is 11.3 Å². The van der Waals surface area contributed by atoms with Crippen LogP contribution in [0.15, 0.2) is 30.5 Å². The maximum Gasteiger partial charge on any atom is 0.387 e. The lowest BCUT2D eigenvalue weighted by Gasteiger charge is -2.09. The first-order chi connectivity index (χ1) is 10.0. The van der Waals surface area contributed by atoms with E-state index in [1.54, 1.807) is 29.1 Å². The minimum absolute atomic E-state index is 0.00500. The molecule has 2 rings (SSSR count). The van der Waals surface area contributed by atoms with Crippen LogP contribution < -0.4 is 4.74 Å². The minimum Gasteiger partial charge on any atom is -0.434 e. The molecule has 21 heavy (non-hydrogen) atoms. The molecule has 2 aromatic rings. The minimum atomic E-state index is -2.93. The number of nitrogens with zero attached hydrogens (tertiary/aromatic N) is 2. The number of halogens is 2. The van der Waals surface area contributed by atoms with Crippen molar-refractivity contribution in [2.45, 2.75) is 27.0 Å². The van der Waals surface area contributed by atoms with Gasteiger partial charge < -0.3 is 4.74 Å². The Kier molecular flexibility index (Phi) is 4.67. The second-order valence-corrected chi connectivity index (χ2v) is 5.04. The maximum atomic E-state index is 12.5. The van der Waals surface area contributed by atoms with Crippen LogP contribution in [0.3, 0.4) is 0 Å². The van der Waals surface area contributed by atoms with E-state index in [-0.39, 0.29) is 5.75 Å². The van der Waals surface area contributed by atoms with Crippen molar-refractivity contribution in [2.24, 2.45) is 5.92 Å². The summed E-state index contributed by atoms with van der Waals surface area (Å²) in [5.74, 6) is 0.357. The number of aldehydes is 1. The van der Waals surface area contributed by atoms with Gasteiger partial charge in [0.05, 0.1) is 5.56 Å². The van der Waals surface area contributed by atoms with E-state index in [1.807, 2.05) is 13.8 Å². The lowest BCUT2D eigenvalue weighted by molar-refractivity contribution is -0.0494. The molecule has 0 amide bonds. The maximum absolute atomic E-state index is 12.5. The summed E-state index contributed by atoms with van der Waals surface area (Å²) in [5.41, 5.74) is 1.07. The third-order valence-corrected chi connectivity index (χ3v) is 2.83. The van der Waals surface area contributed by atoms with E-state index < -0.39 is 6.61 Å². The van der Waals surface area contributed by atoms with E-state index in [2.05, 4.69) is 9.84 Å². The molecule has 0 spiro atoms. The van der Waals surface area contributed by atoms with Crippen LogP contribution >= 0.6 is 0 Å². The fourth-order valence-corrected chi connectivity index (χ4v) is 2.06. The second-order valence-electron chi connectivity index (χ2n) is 5.04. The first-order valence-electron chi connectivity index (χ1n) is 6.58. The van der Waals surface area contributed by atoms with Gasteiger partial charge in [0.15, 0.2) is 6.29 Å². The number of hydrogen-bond donors (Lipinski definition) is 0. The van der Waals surface area contributed by atoms with Crippen molar-refractivity contribution in [3.63, 3.8) is 0 Å². The average molecular weight is 294 g/mol. The number of ether oxygens (including phenoxy) is 1. The van der Waals surface area contributed by atoms with Gasteiger partial charge in [0.2, 0.25) is 0 Å². The molecule has 0 aliphatic rings. The summed E-state index contributed by atoms with van der Waals surface area (Å²) >= 11 is 0. The zero-order chi connectivity index (χ0) is 15.4. The van der Waals surface area contributed by atoms with Gasteiger partial charge >= 0.3 is 6.61 Å². The smallest absolute Gasteiger partial charge is 0.387 e. The summed E-state index contributed by atoms with van der Waals surface area (Å²) in [4.78, 5) is 11.2. The molecular formula is C15H16F2N2O2. The van der Waals surface area contributed by atoms with Crippen LogP contribution in [-0.2, 0) is 6.54 Å². The molecule has 0 atom stereocenters. The summed E-state index contributed by atoms with van der Waals surface area (Å²) in [6.45, 7) is 1.76. The number of aromatic nitrogens is 2. The van der Waals surface area contributed by atoms with Crippen LogP contribution in [0.2, 0.25) is 0 Å². The fourth-order valence-electron chi connectivity index (χ4n) is 2.06. The molecule has 112 valence electrons. The van der Waals surface area contributed by atoms with Crippen LogP contribution in [-0.4, -0.2) is 22.7 Å². The highest BCUT2D eigenvalue weighted by Crippen LogP contribution is 2.31. The van der Waals surface area contributed by atoms with Crippen molar-refractivity contribution in [1.29, 1.82) is 0 Å². The van der Waals surface area contributed by atoms with E-state index in [0.717, 1.165) is 0 Å². The summed E-state index contributed by atoms with van der Waals surface area (Å²) in [5, 5.41) is 4.32. The van der Waals surface area contributed by atoms with E-state index >= 15 is 0 Å². The quantitative estimate of drug-likeness (QED) is 0.764. The largest absolute Gasteiger partial charge is 0.434 e. The number of rotatable bonds is 6. The molecule has 0 fully saturated rings. The standard InChI is InChI=1S/C15H16F2N2O2/c1-10(2)7-19-8-11(9-20)14(18-19)12-5-3-4-6-13(12)21-15(16)17/h3-6,8-10,15H,7H2,1-2H3. The predicted molar refractivity (Wildman–Crippen MR) is 74.5 cm³/mol. The summed E-state index contributed by atoms with van der Waals surface area (Å²) in [6.07, 6.45) is 2.28. The molecule has 1 aromatic carbocycles. The summed E-state index contributed by atoms with van der Waals surface area (Å²) < 4.78 is 31.0. The van der Waals surface area contributed by atoms with Crippen LogP contribution in [0, 0.1) is 5.92 Å². The third kappa shape index (κ3) is 3.65. The van der Waals surface area contributed by atoms with Gasteiger partial charge in [-0.15, -0.1) is 0 Å². The monoisotopic (exact) mass is 294 g/mol. The van der Waals surface area contributed by atoms with Gasteiger partial charge in [0.1, 0.15) is 11.4 Å². The van der Waals surface area contributed by atoms with Crippen molar-refractivity contribution in [1.82, 2.24) is 9.78 Å². The topological polar surface area (TPSA) is 44.1 Å². The molecule has 0 aliphatic heterocycles.